The molecule has 1 heterocycles. The molecule has 1 fully saturated rings. The summed E-state index contributed by atoms with van der Waals surface area (Å²) in [6.45, 7) is 5.34. The van der Waals surface area contributed by atoms with Crippen molar-refractivity contribution in [2.45, 2.75) is 13.0 Å². The van der Waals surface area contributed by atoms with Crippen molar-refractivity contribution in [3.8, 4) is 0 Å². The number of anilines is 1. The van der Waals surface area contributed by atoms with E-state index in [1.165, 1.54) is 0 Å². The minimum atomic E-state index is -0.236. The zero-order valence-corrected chi connectivity index (χ0v) is 13.3. The summed E-state index contributed by atoms with van der Waals surface area (Å²) >= 11 is 18.0. The van der Waals surface area contributed by atoms with Crippen LogP contribution in [0, 0.1) is 0 Å². The molecular formula is C13H16Cl3N3O. The van der Waals surface area contributed by atoms with Crippen molar-refractivity contribution in [1.82, 2.24) is 10.2 Å². The van der Waals surface area contributed by atoms with E-state index >= 15 is 0 Å². The van der Waals surface area contributed by atoms with Crippen molar-refractivity contribution in [1.29, 1.82) is 0 Å². The van der Waals surface area contributed by atoms with Crippen LogP contribution in [0.2, 0.25) is 15.1 Å². The smallest absolute Gasteiger partial charge is 0.241 e. The molecule has 0 aromatic heterocycles. The van der Waals surface area contributed by atoms with Crippen LogP contribution in [-0.4, -0.2) is 43.0 Å². The van der Waals surface area contributed by atoms with Crippen LogP contribution >= 0.6 is 34.8 Å². The lowest BCUT2D eigenvalue weighted by Crippen LogP contribution is -2.51. The number of amides is 1. The number of rotatable bonds is 3. The molecule has 2 N–H and O–H groups in total. The van der Waals surface area contributed by atoms with Gasteiger partial charge in [-0.2, -0.15) is 0 Å². The molecule has 4 nitrogen and oxygen atoms in total. The maximum Gasteiger partial charge on any atom is 0.241 e. The highest BCUT2D eigenvalue weighted by atomic mass is 35.5. The van der Waals surface area contributed by atoms with Crippen molar-refractivity contribution < 1.29 is 4.79 Å². The minimum absolute atomic E-state index is 0.127. The van der Waals surface area contributed by atoms with Crippen LogP contribution in [0.25, 0.3) is 0 Å². The highest BCUT2D eigenvalue weighted by molar-refractivity contribution is 6.42. The van der Waals surface area contributed by atoms with E-state index in [9.17, 15) is 4.79 Å². The lowest BCUT2D eigenvalue weighted by molar-refractivity contribution is -0.120. The van der Waals surface area contributed by atoms with Crippen molar-refractivity contribution in [3.63, 3.8) is 0 Å². The average molecular weight is 337 g/mol. The van der Waals surface area contributed by atoms with E-state index in [0.29, 0.717) is 20.8 Å². The first kappa shape index (κ1) is 15.9. The molecular weight excluding hydrogens is 321 g/mol. The van der Waals surface area contributed by atoms with Crippen LogP contribution in [0.4, 0.5) is 5.69 Å². The van der Waals surface area contributed by atoms with Gasteiger partial charge in [0.15, 0.2) is 0 Å². The summed E-state index contributed by atoms with van der Waals surface area (Å²) in [4.78, 5) is 14.4. The third-order valence-electron chi connectivity index (χ3n) is 3.33. The number of piperazine rings is 1. The highest BCUT2D eigenvalue weighted by Crippen LogP contribution is 2.33. The van der Waals surface area contributed by atoms with Gasteiger partial charge in [-0.05, 0) is 19.1 Å². The molecule has 1 aliphatic rings. The predicted octanol–water partition coefficient (Wildman–Crippen LogP) is 2.88. The van der Waals surface area contributed by atoms with Gasteiger partial charge in [-0.15, -0.1) is 0 Å². The monoisotopic (exact) mass is 335 g/mol. The molecule has 1 amide bonds. The van der Waals surface area contributed by atoms with E-state index in [-0.39, 0.29) is 11.9 Å². The van der Waals surface area contributed by atoms with Crippen LogP contribution < -0.4 is 10.6 Å². The fraction of sp³-hybridized carbons (Fsp3) is 0.462. The Kier molecular flexibility index (Phi) is 5.52. The molecule has 1 saturated heterocycles. The molecule has 110 valence electrons. The van der Waals surface area contributed by atoms with Gasteiger partial charge in [0.1, 0.15) is 0 Å². The molecule has 0 radical (unpaired) electrons. The van der Waals surface area contributed by atoms with Gasteiger partial charge in [0.25, 0.3) is 0 Å². The van der Waals surface area contributed by atoms with E-state index < -0.39 is 0 Å². The SMILES string of the molecule is CC(C(=O)Nc1c(Cl)cc(Cl)cc1Cl)N1CCNCC1. The minimum Gasteiger partial charge on any atom is -0.322 e. The summed E-state index contributed by atoms with van der Waals surface area (Å²) in [6, 6.07) is 2.88. The van der Waals surface area contributed by atoms with Gasteiger partial charge in [-0.25, -0.2) is 0 Å². The second-order valence-electron chi connectivity index (χ2n) is 4.70. The second-order valence-corrected chi connectivity index (χ2v) is 5.95. The second kappa shape index (κ2) is 6.96. The molecule has 1 atom stereocenters. The van der Waals surface area contributed by atoms with Gasteiger partial charge in [0, 0.05) is 31.2 Å². The Morgan fingerprint density at radius 2 is 1.80 bits per heavy atom. The fourth-order valence-corrected chi connectivity index (χ4v) is 3.04. The van der Waals surface area contributed by atoms with Crippen LogP contribution in [0.5, 0.6) is 0 Å². The number of halogens is 3. The lowest BCUT2D eigenvalue weighted by Gasteiger charge is -2.31. The Hall–Kier alpha value is -0.520. The maximum atomic E-state index is 12.3. The Balaban J connectivity index is 2.07. The molecule has 0 saturated carbocycles. The van der Waals surface area contributed by atoms with Gasteiger partial charge in [-0.3, -0.25) is 9.69 Å². The molecule has 2 rings (SSSR count). The number of nitrogens with one attached hydrogen (secondary N) is 2. The molecule has 7 heteroatoms. The van der Waals surface area contributed by atoms with E-state index in [2.05, 4.69) is 15.5 Å². The van der Waals surface area contributed by atoms with Crippen molar-refractivity contribution >= 4 is 46.4 Å². The van der Waals surface area contributed by atoms with Crippen LogP contribution in [0.1, 0.15) is 6.92 Å². The summed E-state index contributed by atoms with van der Waals surface area (Å²) in [5, 5.41) is 7.14. The van der Waals surface area contributed by atoms with Gasteiger partial charge in [0.2, 0.25) is 5.91 Å². The first-order chi connectivity index (χ1) is 9.49. The summed E-state index contributed by atoms with van der Waals surface area (Å²) in [5.41, 5.74) is 0.407. The number of benzene rings is 1. The Labute approximate surface area is 133 Å². The number of carbonyl (C=O) groups is 1. The predicted molar refractivity (Wildman–Crippen MR) is 84.0 cm³/mol. The molecule has 0 spiro atoms. The van der Waals surface area contributed by atoms with Gasteiger partial charge < -0.3 is 10.6 Å². The quantitative estimate of drug-likeness (QED) is 0.892. The van der Waals surface area contributed by atoms with Gasteiger partial charge in [-0.1, -0.05) is 34.8 Å². The van der Waals surface area contributed by atoms with E-state index in [1.807, 2.05) is 6.92 Å². The van der Waals surface area contributed by atoms with E-state index in [0.717, 1.165) is 26.2 Å². The first-order valence-corrected chi connectivity index (χ1v) is 7.52. The van der Waals surface area contributed by atoms with E-state index in [1.54, 1.807) is 12.1 Å². The third kappa shape index (κ3) is 3.77. The molecule has 20 heavy (non-hydrogen) atoms. The fourth-order valence-electron chi connectivity index (χ4n) is 2.12. The Morgan fingerprint density at radius 1 is 1.25 bits per heavy atom. The molecule has 1 aromatic rings. The average Bonchev–Trinajstić information content (AvgIpc) is 2.42. The van der Waals surface area contributed by atoms with Gasteiger partial charge in [0.05, 0.1) is 21.8 Å². The lowest BCUT2D eigenvalue weighted by atomic mass is 10.2. The Bertz CT molecular complexity index is 481. The Morgan fingerprint density at radius 3 is 2.35 bits per heavy atom. The normalized spacial score (nSPS) is 17.8. The molecule has 1 unspecified atom stereocenters. The van der Waals surface area contributed by atoms with Crippen LogP contribution in [0.3, 0.4) is 0 Å². The number of carbonyl (C=O) groups excluding carboxylic acids is 1. The van der Waals surface area contributed by atoms with Crippen molar-refractivity contribution in [2.24, 2.45) is 0 Å². The highest BCUT2D eigenvalue weighted by Gasteiger charge is 2.23. The molecule has 1 aromatic carbocycles. The standard InChI is InChI=1S/C13H16Cl3N3O/c1-8(19-4-2-17-3-5-19)13(20)18-12-10(15)6-9(14)7-11(12)16/h6-8,17H,2-5H2,1H3,(H,18,20). The first-order valence-electron chi connectivity index (χ1n) is 6.39. The molecule has 0 bridgehead atoms. The maximum absolute atomic E-state index is 12.3. The van der Waals surface area contributed by atoms with Crippen LogP contribution in [-0.2, 0) is 4.79 Å². The number of nitrogens with zero attached hydrogens (tertiary/aromatic N) is 1. The number of hydrogen-bond donors (Lipinski definition) is 2. The van der Waals surface area contributed by atoms with Gasteiger partial charge >= 0.3 is 0 Å². The largest absolute Gasteiger partial charge is 0.322 e. The van der Waals surface area contributed by atoms with Crippen molar-refractivity contribution in [2.75, 3.05) is 31.5 Å². The summed E-state index contributed by atoms with van der Waals surface area (Å²) in [5.74, 6) is -0.127. The third-order valence-corrected chi connectivity index (χ3v) is 4.15. The topological polar surface area (TPSA) is 44.4 Å². The molecule has 0 aliphatic carbocycles. The summed E-state index contributed by atoms with van der Waals surface area (Å²) in [6.07, 6.45) is 0. The van der Waals surface area contributed by atoms with Crippen LogP contribution in [0.15, 0.2) is 12.1 Å². The zero-order valence-electron chi connectivity index (χ0n) is 11.0. The molecule has 1 aliphatic heterocycles. The number of hydrogen-bond acceptors (Lipinski definition) is 3. The summed E-state index contributed by atoms with van der Waals surface area (Å²) in [7, 11) is 0. The van der Waals surface area contributed by atoms with E-state index in [4.69, 9.17) is 34.8 Å². The zero-order chi connectivity index (χ0) is 14.7. The van der Waals surface area contributed by atoms with Crippen molar-refractivity contribution in [3.05, 3.63) is 27.2 Å². The summed E-state index contributed by atoms with van der Waals surface area (Å²) < 4.78 is 0.